The molecule has 1 N–H and O–H groups in total. The van der Waals surface area contributed by atoms with Crippen LogP contribution >= 0.6 is 0 Å². The molecule has 1 heterocycles. The van der Waals surface area contributed by atoms with Crippen molar-refractivity contribution in [2.24, 2.45) is 0 Å². The zero-order valence-corrected chi connectivity index (χ0v) is 17.1. The summed E-state index contributed by atoms with van der Waals surface area (Å²) in [6.07, 6.45) is -0.836. The van der Waals surface area contributed by atoms with Gasteiger partial charge in [-0.2, -0.15) is 0 Å². The zero-order chi connectivity index (χ0) is 23.1. The Hall–Kier alpha value is -3.43. The Morgan fingerprint density at radius 1 is 1.10 bits per heavy atom. The summed E-state index contributed by atoms with van der Waals surface area (Å²) in [6.45, 7) is 6.39. The number of rotatable bonds is 3. The number of amides is 1. The number of hydrogen-bond donors (Lipinski definition) is 1. The van der Waals surface area contributed by atoms with Crippen molar-refractivity contribution in [3.05, 3.63) is 69.8 Å². The van der Waals surface area contributed by atoms with Gasteiger partial charge in [0.05, 0.1) is 17.2 Å². The van der Waals surface area contributed by atoms with Gasteiger partial charge in [0.25, 0.3) is 5.56 Å². The number of fused-ring (bicyclic) bond motifs is 1. The van der Waals surface area contributed by atoms with Gasteiger partial charge in [-0.05, 0) is 52.0 Å². The standard InChI is InChI=1S/C21H19F4N3O3/c1-10(26-20(30)31-21(2,3)4)18-27-15-6-5-14(24)17(25)16(15)19(29)28(18)13-8-11(22)7-12(23)9-13/h5-10H,1-4H3,(H,26,30). The average molecular weight is 437 g/mol. The second-order valence-corrected chi connectivity index (χ2v) is 7.86. The molecule has 3 rings (SSSR count). The van der Waals surface area contributed by atoms with E-state index in [4.69, 9.17) is 4.74 Å². The van der Waals surface area contributed by atoms with Crippen LogP contribution in [0.5, 0.6) is 0 Å². The van der Waals surface area contributed by atoms with Crippen LogP contribution in [0.1, 0.15) is 39.6 Å². The van der Waals surface area contributed by atoms with E-state index >= 15 is 0 Å². The summed E-state index contributed by atoms with van der Waals surface area (Å²) in [5.74, 6) is -4.89. The van der Waals surface area contributed by atoms with E-state index in [-0.39, 0.29) is 17.0 Å². The molecule has 0 aliphatic heterocycles. The van der Waals surface area contributed by atoms with Crippen LogP contribution in [-0.2, 0) is 4.74 Å². The maximum Gasteiger partial charge on any atom is 0.408 e. The highest BCUT2D eigenvalue weighted by Gasteiger charge is 2.25. The normalized spacial score (nSPS) is 12.6. The first-order valence-electron chi connectivity index (χ1n) is 9.24. The van der Waals surface area contributed by atoms with E-state index in [1.165, 1.54) is 6.92 Å². The second-order valence-electron chi connectivity index (χ2n) is 7.86. The number of ether oxygens (including phenoxy) is 1. The fourth-order valence-corrected chi connectivity index (χ4v) is 2.98. The number of halogens is 4. The Labute approximate surface area is 174 Å². The Morgan fingerprint density at radius 2 is 1.71 bits per heavy atom. The molecule has 0 aliphatic rings. The molecule has 0 fully saturated rings. The summed E-state index contributed by atoms with van der Waals surface area (Å²) >= 11 is 0. The maximum absolute atomic E-state index is 14.4. The van der Waals surface area contributed by atoms with Gasteiger partial charge < -0.3 is 10.1 Å². The van der Waals surface area contributed by atoms with Gasteiger partial charge in [0.2, 0.25) is 0 Å². The van der Waals surface area contributed by atoms with Crippen molar-refractivity contribution in [3.8, 4) is 5.69 Å². The van der Waals surface area contributed by atoms with Crippen molar-refractivity contribution in [1.82, 2.24) is 14.9 Å². The highest BCUT2D eigenvalue weighted by Crippen LogP contribution is 2.22. The number of nitrogens with zero attached hydrogens (tertiary/aromatic N) is 2. The van der Waals surface area contributed by atoms with Crippen LogP contribution in [0.4, 0.5) is 22.4 Å². The van der Waals surface area contributed by atoms with Gasteiger partial charge in [0.1, 0.15) is 28.4 Å². The summed E-state index contributed by atoms with van der Waals surface area (Å²) in [5, 5.41) is 1.77. The zero-order valence-electron chi connectivity index (χ0n) is 17.1. The molecular weight excluding hydrogens is 418 g/mol. The first-order chi connectivity index (χ1) is 14.4. The largest absolute Gasteiger partial charge is 0.444 e. The van der Waals surface area contributed by atoms with Crippen molar-refractivity contribution in [2.75, 3.05) is 0 Å². The summed E-state index contributed by atoms with van der Waals surface area (Å²) in [5.41, 5.74) is -2.41. The number of carbonyl (C=O) groups excluding carboxylic acids is 1. The van der Waals surface area contributed by atoms with E-state index in [1.807, 2.05) is 0 Å². The predicted molar refractivity (Wildman–Crippen MR) is 105 cm³/mol. The average Bonchev–Trinajstić information content (AvgIpc) is 2.61. The van der Waals surface area contributed by atoms with Crippen LogP contribution in [0.2, 0.25) is 0 Å². The van der Waals surface area contributed by atoms with Crippen molar-refractivity contribution in [3.63, 3.8) is 0 Å². The van der Waals surface area contributed by atoms with Gasteiger partial charge in [-0.25, -0.2) is 27.3 Å². The minimum Gasteiger partial charge on any atom is -0.444 e. The van der Waals surface area contributed by atoms with Crippen LogP contribution < -0.4 is 10.9 Å². The van der Waals surface area contributed by atoms with Gasteiger partial charge >= 0.3 is 6.09 Å². The van der Waals surface area contributed by atoms with E-state index in [1.54, 1.807) is 20.8 Å². The number of aromatic nitrogens is 2. The highest BCUT2D eigenvalue weighted by molar-refractivity contribution is 5.79. The molecule has 3 aromatic rings. The molecule has 164 valence electrons. The molecule has 1 atom stereocenters. The second kappa shape index (κ2) is 8.01. The lowest BCUT2D eigenvalue weighted by Crippen LogP contribution is -2.37. The monoisotopic (exact) mass is 437 g/mol. The molecule has 0 aliphatic carbocycles. The summed E-state index contributed by atoms with van der Waals surface area (Å²) in [7, 11) is 0. The number of benzene rings is 2. The lowest BCUT2D eigenvalue weighted by atomic mass is 10.2. The topological polar surface area (TPSA) is 73.2 Å². The smallest absolute Gasteiger partial charge is 0.408 e. The third-order valence-corrected chi connectivity index (χ3v) is 4.18. The van der Waals surface area contributed by atoms with Gasteiger partial charge in [-0.1, -0.05) is 0 Å². The molecule has 10 heteroatoms. The lowest BCUT2D eigenvalue weighted by Gasteiger charge is -2.23. The molecule has 2 aromatic carbocycles. The Balaban J connectivity index is 2.25. The van der Waals surface area contributed by atoms with E-state index in [0.29, 0.717) is 6.07 Å². The molecule has 0 radical (unpaired) electrons. The SMILES string of the molecule is CC(NC(=O)OC(C)(C)C)c1nc2ccc(F)c(F)c2c(=O)n1-c1cc(F)cc(F)c1. The van der Waals surface area contributed by atoms with E-state index in [9.17, 15) is 27.2 Å². The van der Waals surface area contributed by atoms with Crippen LogP contribution in [-0.4, -0.2) is 21.2 Å². The van der Waals surface area contributed by atoms with Gasteiger partial charge in [-0.3, -0.25) is 9.36 Å². The van der Waals surface area contributed by atoms with Gasteiger partial charge in [0.15, 0.2) is 11.6 Å². The number of alkyl carbamates (subject to hydrolysis) is 1. The quantitative estimate of drug-likeness (QED) is 0.612. The molecule has 0 bridgehead atoms. The highest BCUT2D eigenvalue weighted by atomic mass is 19.2. The molecule has 0 spiro atoms. The molecule has 1 aromatic heterocycles. The molecule has 6 nitrogen and oxygen atoms in total. The fraction of sp³-hybridized carbons (Fsp3) is 0.286. The first-order valence-corrected chi connectivity index (χ1v) is 9.24. The summed E-state index contributed by atoms with van der Waals surface area (Å²) in [6, 6.07) is 3.14. The lowest BCUT2D eigenvalue weighted by molar-refractivity contribution is 0.0505. The van der Waals surface area contributed by atoms with Gasteiger partial charge in [-0.15, -0.1) is 0 Å². The minimum atomic E-state index is -1.44. The Kier molecular flexibility index (Phi) is 5.75. The molecule has 1 unspecified atom stereocenters. The van der Waals surface area contributed by atoms with Crippen molar-refractivity contribution >= 4 is 17.0 Å². The molecular formula is C21H19F4N3O3. The summed E-state index contributed by atoms with van der Waals surface area (Å²) < 4.78 is 61.7. The van der Waals surface area contributed by atoms with Crippen LogP contribution in [0.25, 0.3) is 16.6 Å². The van der Waals surface area contributed by atoms with E-state index < -0.39 is 52.0 Å². The molecule has 1 amide bonds. The molecule has 31 heavy (non-hydrogen) atoms. The van der Waals surface area contributed by atoms with Gasteiger partial charge in [0, 0.05) is 6.07 Å². The fourth-order valence-electron chi connectivity index (χ4n) is 2.98. The number of hydrogen-bond acceptors (Lipinski definition) is 4. The first kappa shape index (κ1) is 22.3. The maximum atomic E-state index is 14.4. The number of carbonyl (C=O) groups is 1. The third kappa shape index (κ3) is 4.68. The van der Waals surface area contributed by atoms with E-state index in [0.717, 1.165) is 28.8 Å². The summed E-state index contributed by atoms with van der Waals surface area (Å²) in [4.78, 5) is 29.4. The predicted octanol–water partition coefficient (Wildman–Crippen LogP) is 4.53. The molecule has 0 saturated carbocycles. The molecule has 0 saturated heterocycles. The third-order valence-electron chi connectivity index (χ3n) is 4.18. The van der Waals surface area contributed by atoms with Crippen molar-refractivity contribution in [1.29, 1.82) is 0 Å². The van der Waals surface area contributed by atoms with E-state index in [2.05, 4.69) is 10.3 Å². The van der Waals surface area contributed by atoms with Crippen molar-refractivity contribution in [2.45, 2.75) is 39.3 Å². The Bertz CT molecular complexity index is 1210. The minimum absolute atomic E-state index is 0.167. The van der Waals surface area contributed by atoms with Crippen LogP contribution in [0, 0.1) is 23.3 Å². The van der Waals surface area contributed by atoms with Crippen LogP contribution in [0.3, 0.4) is 0 Å². The van der Waals surface area contributed by atoms with Crippen LogP contribution in [0.15, 0.2) is 35.1 Å². The Morgan fingerprint density at radius 3 is 2.29 bits per heavy atom. The number of nitrogens with one attached hydrogen (secondary N) is 1. The van der Waals surface area contributed by atoms with Crippen molar-refractivity contribution < 1.29 is 27.1 Å².